The Labute approximate surface area is 112 Å². The molecule has 1 aromatic carbocycles. The zero-order chi connectivity index (χ0) is 13.9. The molecule has 0 fully saturated rings. The van der Waals surface area contributed by atoms with E-state index in [2.05, 4.69) is 15.9 Å². The Bertz CT molecular complexity index is 443. The second-order valence-electron chi connectivity index (χ2n) is 4.34. The van der Waals surface area contributed by atoms with Gasteiger partial charge in [-0.05, 0) is 35.8 Å². The molecule has 4 nitrogen and oxygen atoms in total. The predicted octanol–water partition coefficient (Wildman–Crippen LogP) is 2.12. The number of halogens is 3. The largest absolute Gasteiger partial charge is 0.488 e. The molecule has 1 rings (SSSR count). The van der Waals surface area contributed by atoms with Crippen molar-refractivity contribution in [2.45, 2.75) is 13.8 Å². The van der Waals surface area contributed by atoms with E-state index in [4.69, 9.17) is 10.6 Å². The summed E-state index contributed by atoms with van der Waals surface area (Å²) >= 11 is 2.99. The van der Waals surface area contributed by atoms with E-state index < -0.39 is 23.0 Å². The summed E-state index contributed by atoms with van der Waals surface area (Å²) in [6, 6.07) is 1.78. The fourth-order valence-corrected chi connectivity index (χ4v) is 1.70. The molecule has 0 aliphatic rings. The Morgan fingerprint density at radius 1 is 1.50 bits per heavy atom. The molecule has 0 saturated heterocycles. The van der Waals surface area contributed by atoms with Gasteiger partial charge in [0.15, 0.2) is 11.6 Å². The first-order chi connectivity index (χ1) is 8.27. The third-order valence-electron chi connectivity index (χ3n) is 2.29. The lowest BCUT2D eigenvalue weighted by molar-refractivity contribution is -0.130. The molecule has 1 amide bonds. The first kappa shape index (κ1) is 14.8. The van der Waals surface area contributed by atoms with Crippen LogP contribution < -0.4 is 16.0 Å². The molecule has 0 radical (unpaired) electrons. The molecule has 100 valence electrons. The van der Waals surface area contributed by atoms with Crippen LogP contribution in [0, 0.1) is 17.0 Å². The second kappa shape index (κ2) is 5.62. The van der Waals surface area contributed by atoms with Crippen molar-refractivity contribution in [3.8, 4) is 5.75 Å². The highest BCUT2D eigenvalue weighted by Crippen LogP contribution is 2.30. The van der Waals surface area contributed by atoms with Gasteiger partial charge in [0.05, 0.1) is 9.89 Å². The standard InChI is InChI=1S/C11H13BrF2N2O2/c1-11(2,10(17)16-15)5-18-9-7(12)3-6(13)4-8(9)14/h3-4H,5,15H2,1-2H3,(H,16,17). The Morgan fingerprint density at radius 2 is 2.11 bits per heavy atom. The van der Waals surface area contributed by atoms with Gasteiger partial charge in [0.1, 0.15) is 12.4 Å². The van der Waals surface area contributed by atoms with Crippen molar-refractivity contribution in [1.29, 1.82) is 0 Å². The molecule has 0 aliphatic carbocycles. The summed E-state index contributed by atoms with van der Waals surface area (Å²) in [5.41, 5.74) is 1.06. The van der Waals surface area contributed by atoms with Gasteiger partial charge in [-0.2, -0.15) is 0 Å². The van der Waals surface area contributed by atoms with Crippen LogP contribution >= 0.6 is 15.9 Å². The number of ether oxygens (including phenoxy) is 1. The van der Waals surface area contributed by atoms with Crippen molar-refractivity contribution in [1.82, 2.24) is 5.43 Å². The Balaban J connectivity index is 2.84. The van der Waals surface area contributed by atoms with Crippen LogP contribution in [0.25, 0.3) is 0 Å². The van der Waals surface area contributed by atoms with Crippen molar-refractivity contribution in [3.05, 3.63) is 28.2 Å². The molecule has 18 heavy (non-hydrogen) atoms. The molecule has 0 heterocycles. The van der Waals surface area contributed by atoms with Crippen LogP contribution in [0.3, 0.4) is 0 Å². The second-order valence-corrected chi connectivity index (χ2v) is 5.20. The van der Waals surface area contributed by atoms with Crippen LogP contribution in [0.4, 0.5) is 8.78 Å². The van der Waals surface area contributed by atoms with Gasteiger partial charge < -0.3 is 4.74 Å². The maximum Gasteiger partial charge on any atom is 0.242 e. The number of benzene rings is 1. The van der Waals surface area contributed by atoms with Crippen molar-refractivity contribution < 1.29 is 18.3 Å². The SMILES string of the molecule is CC(C)(COc1c(F)cc(F)cc1Br)C(=O)NN. The highest BCUT2D eigenvalue weighted by atomic mass is 79.9. The molecular weight excluding hydrogens is 310 g/mol. The van der Waals surface area contributed by atoms with Crippen molar-refractivity contribution in [3.63, 3.8) is 0 Å². The van der Waals surface area contributed by atoms with Crippen molar-refractivity contribution in [2.75, 3.05) is 6.61 Å². The van der Waals surface area contributed by atoms with E-state index in [0.717, 1.165) is 6.07 Å². The summed E-state index contributed by atoms with van der Waals surface area (Å²) in [5, 5.41) is 0. The fraction of sp³-hybridized carbons (Fsp3) is 0.364. The quantitative estimate of drug-likeness (QED) is 0.507. The lowest BCUT2D eigenvalue weighted by Gasteiger charge is -2.22. The van der Waals surface area contributed by atoms with E-state index in [9.17, 15) is 13.6 Å². The number of carbonyl (C=O) groups excluding carboxylic acids is 1. The van der Waals surface area contributed by atoms with E-state index in [0.29, 0.717) is 6.07 Å². The summed E-state index contributed by atoms with van der Waals surface area (Å²) in [6.45, 7) is 3.08. The number of hydrogen-bond acceptors (Lipinski definition) is 3. The molecule has 0 atom stereocenters. The van der Waals surface area contributed by atoms with Crippen LogP contribution in [0.15, 0.2) is 16.6 Å². The Kier molecular flexibility index (Phi) is 4.64. The number of nitrogens with two attached hydrogens (primary N) is 1. The van der Waals surface area contributed by atoms with Gasteiger partial charge in [0.2, 0.25) is 5.91 Å². The first-order valence-electron chi connectivity index (χ1n) is 5.06. The van der Waals surface area contributed by atoms with Gasteiger partial charge in [-0.3, -0.25) is 10.2 Å². The van der Waals surface area contributed by atoms with Crippen molar-refractivity contribution in [2.24, 2.45) is 11.3 Å². The van der Waals surface area contributed by atoms with Gasteiger partial charge >= 0.3 is 0 Å². The summed E-state index contributed by atoms with van der Waals surface area (Å²) in [7, 11) is 0. The molecular formula is C11H13BrF2N2O2. The fourth-order valence-electron chi connectivity index (χ4n) is 1.18. The smallest absolute Gasteiger partial charge is 0.242 e. The summed E-state index contributed by atoms with van der Waals surface area (Å²) < 4.78 is 31.7. The lowest BCUT2D eigenvalue weighted by atomic mass is 9.94. The Hall–Kier alpha value is -1.21. The van der Waals surface area contributed by atoms with Crippen LogP contribution in [-0.2, 0) is 4.79 Å². The van der Waals surface area contributed by atoms with E-state index >= 15 is 0 Å². The van der Waals surface area contributed by atoms with Gasteiger partial charge in [-0.15, -0.1) is 0 Å². The first-order valence-corrected chi connectivity index (χ1v) is 5.85. The summed E-state index contributed by atoms with van der Waals surface area (Å²) in [6.07, 6.45) is 0. The summed E-state index contributed by atoms with van der Waals surface area (Å²) in [4.78, 5) is 11.4. The highest BCUT2D eigenvalue weighted by Gasteiger charge is 2.28. The Morgan fingerprint density at radius 3 is 2.61 bits per heavy atom. The minimum Gasteiger partial charge on any atom is -0.488 e. The number of nitrogens with one attached hydrogen (secondary N) is 1. The summed E-state index contributed by atoms with van der Waals surface area (Å²) in [5.74, 6) is 2.87. The molecule has 0 aromatic heterocycles. The zero-order valence-corrected chi connectivity index (χ0v) is 11.5. The predicted molar refractivity (Wildman–Crippen MR) is 65.7 cm³/mol. The van der Waals surface area contributed by atoms with E-state index in [1.807, 2.05) is 5.43 Å². The van der Waals surface area contributed by atoms with Crippen molar-refractivity contribution >= 4 is 21.8 Å². The third kappa shape index (κ3) is 3.39. The topological polar surface area (TPSA) is 64.3 Å². The maximum atomic E-state index is 13.4. The minimum absolute atomic E-state index is 0.100. The monoisotopic (exact) mass is 322 g/mol. The normalized spacial score (nSPS) is 11.2. The van der Waals surface area contributed by atoms with Gasteiger partial charge in [0, 0.05) is 6.07 Å². The van der Waals surface area contributed by atoms with E-state index in [-0.39, 0.29) is 16.8 Å². The molecule has 0 saturated carbocycles. The number of rotatable bonds is 4. The molecule has 0 bridgehead atoms. The van der Waals surface area contributed by atoms with Crippen LogP contribution in [0.5, 0.6) is 5.75 Å². The minimum atomic E-state index is -0.935. The lowest BCUT2D eigenvalue weighted by Crippen LogP contribution is -2.44. The zero-order valence-electron chi connectivity index (χ0n) is 9.89. The molecule has 0 aliphatic heterocycles. The number of hydrazine groups is 1. The van der Waals surface area contributed by atoms with Gasteiger partial charge in [-0.1, -0.05) is 0 Å². The maximum absolute atomic E-state index is 13.4. The average Bonchev–Trinajstić information content (AvgIpc) is 2.26. The number of hydrogen-bond donors (Lipinski definition) is 2. The highest BCUT2D eigenvalue weighted by molar-refractivity contribution is 9.10. The van der Waals surface area contributed by atoms with E-state index in [1.54, 1.807) is 13.8 Å². The molecule has 3 N–H and O–H groups in total. The van der Waals surface area contributed by atoms with E-state index in [1.165, 1.54) is 0 Å². The van der Waals surface area contributed by atoms with Gasteiger partial charge in [0.25, 0.3) is 0 Å². The van der Waals surface area contributed by atoms with Crippen LogP contribution in [0.1, 0.15) is 13.8 Å². The number of carbonyl (C=O) groups is 1. The van der Waals surface area contributed by atoms with Crippen LogP contribution in [-0.4, -0.2) is 12.5 Å². The molecule has 0 unspecified atom stereocenters. The average molecular weight is 323 g/mol. The molecule has 0 spiro atoms. The number of amides is 1. The third-order valence-corrected chi connectivity index (χ3v) is 2.88. The van der Waals surface area contributed by atoms with Crippen LogP contribution in [0.2, 0.25) is 0 Å². The molecule has 1 aromatic rings. The van der Waals surface area contributed by atoms with Gasteiger partial charge in [-0.25, -0.2) is 14.6 Å². The molecule has 7 heteroatoms.